The van der Waals surface area contributed by atoms with E-state index in [2.05, 4.69) is 15.3 Å². The first-order chi connectivity index (χ1) is 6.81. The summed E-state index contributed by atoms with van der Waals surface area (Å²) in [5, 5.41) is 3.55. The Labute approximate surface area is 86.5 Å². The number of carbonyl (C=O) groups excluding carboxylic acids is 1. The fraction of sp³-hybridized carbons (Fsp3) is 0.444. The summed E-state index contributed by atoms with van der Waals surface area (Å²) >= 11 is 1.50. The number of amides is 1. The Morgan fingerprint density at radius 3 is 3.21 bits per heavy atom. The minimum absolute atomic E-state index is 0.0508. The Morgan fingerprint density at radius 1 is 1.57 bits per heavy atom. The molecule has 1 aliphatic heterocycles. The molecular formula is C9H11N3OS. The van der Waals surface area contributed by atoms with Gasteiger partial charge in [-0.3, -0.25) is 4.79 Å². The molecule has 5 heteroatoms. The molecule has 0 spiro atoms. The van der Waals surface area contributed by atoms with Crippen LogP contribution in [0.15, 0.2) is 11.4 Å². The van der Waals surface area contributed by atoms with Gasteiger partial charge in [-0.25, -0.2) is 9.97 Å². The molecule has 74 valence electrons. The Balaban J connectivity index is 2.43. The van der Waals surface area contributed by atoms with Crippen LogP contribution >= 0.6 is 11.8 Å². The molecule has 1 aromatic rings. The van der Waals surface area contributed by atoms with Crippen molar-refractivity contribution in [2.24, 2.45) is 0 Å². The molecule has 0 radical (unpaired) electrons. The summed E-state index contributed by atoms with van der Waals surface area (Å²) in [5.41, 5.74) is 1.50. The molecule has 2 heterocycles. The molecule has 0 bridgehead atoms. The molecule has 14 heavy (non-hydrogen) atoms. The van der Waals surface area contributed by atoms with Crippen LogP contribution in [0.5, 0.6) is 0 Å². The minimum atomic E-state index is -0.0508. The van der Waals surface area contributed by atoms with Crippen molar-refractivity contribution in [2.75, 3.05) is 12.8 Å². The normalized spacial score (nSPS) is 15.6. The smallest absolute Gasteiger partial charge is 0.254 e. The van der Waals surface area contributed by atoms with Gasteiger partial charge in [0.15, 0.2) is 5.16 Å². The third-order valence-corrected chi connectivity index (χ3v) is 2.71. The molecule has 0 atom stereocenters. The van der Waals surface area contributed by atoms with Crippen LogP contribution in [0.4, 0.5) is 0 Å². The van der Waals surface area contributed by atoms with Gasteiger partial charge >= 0.3 is 0 Å². The first-order valence-electron chi connectivity index (χ1n) is 4.49. The summed E-state index contributed by atoms with van der Waals surface area (Å²) < 4.78 is 0. The van der Waals surface area contributed by atoms with Gasteiger partial charge in [0.2, 0.25) is 0 Å². The largest absolute Gasteiger partial charge is 0.352 e. The number of nitrogens with zero attached hydrogens (tertiary/aromatic N) is 2. The van der Waals surface area contributed by atoms with Crippen LogP contribution in [-0.2, 0) is 6.42 Å². The lowest BCUT2D eigenvalue weighted by Crippen LogP contribution is -2.22. The number of hydrogen-bond acceptors (Lipinski definition) is 4. The average Bonchev–Trinajstić information content (AvgIpc) is 2.40. The van der Waals surface area contributed by atoms with Gasteiger partial charge in [-0.1, -0.05) is 11.8 Å². The van der Waals surface area contributed by atoms with Crippen molar-refractivity contribution in [3.05, 3.63) is 17.5 Å². The second-order valence-corrected chi connectivity index (χ2v) is 3.85. The highest BCUT2D eigenvalue weighted by Gasteiger charge is 2.16. The van der Waals surface area contributed by atoms with Crippen LogP contribution in [-0.4, -0.2) is 28.7 Å². The van der Waals surface area contributed by atoms with Crippen LogP contribution in [0.1, 0.15) is 22.5 Å². The van der Waals surface area contributed by atoms with Gasteiger partial charge in [0.1, 0.15) is 0 Å². The number of hydrogen-bond donors (Lipinski definition) is 1. The zero-order chi connectivity index (χ0) is 9.97. The van der Waals surface area contributed by atoms with Gasteiger partial charge in [0, 0.05) is 12.7 Å². The lowest BCUT2D eigenvalue weighted by Gasteiger charge is -2.03. The van der Waals surface area contributed by atoms with Crippen molar-refractivity contribution >= 4 is 17.7 Å². The third-order valence-electron chi connectivity index (χ3n) is 2.15. The van der Waals surface area contributed by atoms with Crippen LogP contribution in [0, 0.1) is 0 Å². The lowest BCUT2D eigenvalue weighted by atomic mass is 10.1. The van der Waals surface area contributed by atoms with Crippen molar-refractivity contribution in [3.8, 4) is 0 Å². The van der Waals surface area contributed by atoms with Gasteiger partial charge in [0.25, 0.3) is 5.91 Å². The molecule has 2 rings (SSSR count). The van der Waals surface area contributed by atoms with E-state index in [-0.39, 0.29) is 5.91 Å². The van der Waals surface area contributed by atoms with Crippen LogP contribution in [0.25, 0.3) is 0 Å². The Morgan fingerprint density at radius 2 is 2.43 bits per heavy atom. The molecule has 1 N–H and O–H groups in total. The summed E-state index contributed by atoms with van der Waals surface area (Å²) in [6.07, 6.45) is 5.35. The standard InChI is InChI=1S/C9H11N3OS/c1-14-9-11-5-6-7(12-9)3-2-4-10-8(6)13/h5H,2-4H2,1H3,(H,10,13). The Kier molecular flexibility index (Phi) is 2.67. The average molecular weight is 209 g/mol. The predicted octanol–water partition coefficient (Wildman–Crippen LogP) is 0.874. The number of thioether (sulfide) groups is 1. The number of rotatable bonds is 1. The maximum atomic E-state index is 11.5. The Bertz CT molecular complexity index is 367. The SMILES string of the molecule is CSc1ncc2c(n1)CCCNC2=O. The van der Waals surface area contributed by atoms with Crippen LogP contribution < -0.4 is 5.32 Å². The van der Waals surface area contributed by atoms with Crippen molar-refractivity contribution in [1.29, 1.82) is 0 Å². The van der Waals surface area contributed by atoms with E-state index in [9.17, 15) is 4.79 Å². The third kappa shape index (κ3) is 1.72. The summed E-state index contributed by atoms with van der Waals surface area (Å²) in [4.78, 5) is 19.9. The topological polar surface area (TPSA) is 54.9 Å². The number of aryl methyl sites for hydroxylation is 1. The van der Waals surface area contributed by atoms with Crippen molar-refractivity contribution in [3.63, 3.8) is 0 Å². The fourth-order valence-electron chi connectivity index (χ4n) is 1.43. The molecule has 0 saturated heterocycles. The number of nitrogens with one attached hydrogen (secondary N) is 1. The highest BCUT2D eigenvalue weighted by molar-refractivity contribution is 7.98. The summed E-state index contributed by atoms with van der Waals surface area (Å²) in [6, 6.07) is 0. The minimum Gasteiger partial charge on any atom is -0.352 e. The van der Waals surface area contributed by atoms with E-state index < -0.39 is 0 Å². The summed E-state index contributed by atoms with van der Waals surface area (Å²) in [6.45, 7) is 0.726. The second kappa shape index (κ2) is 3.96. The fourth-order valence-corrected chi connectivity index (χ4v) is 1.79. The van der Waals surface area contributed by atoms with Crippen LogP contribution in [0.3, 0.4) is 0 Å². The monoisotopic (exact) mass is 209 g/mol. The van der Waals surface area contributed by atoms with Gasteiger partial charge < -0.3 is 5.32 Å². The molecule has 1 aromatic heterocycles. The van der Waals surface area contributed by atoms with E-state index in [1.54, 1.807) is 6.20 Å². The van der Waals surface area contributed by atoms with Gasteiger partial charge in [-0.2, -0.15) is 0 Å². The maximum Gasteiger partial charge on any atom is 0.254 e. The highest BCUT2D eigenvalue weighted by Crippen LogP contribution is 2.15. The summed E-state index contributed by atoms with van der Waals surface area (Å²) in [5.74, 6) is -0.0508. The predicted molar refractivity (Wildman–Crippen MR) is 54.5 cm³/mol. The number of fused-ring (bicyclic) bond motifs is 1. The van der Waals surface area contributed by atoms with Gasteiger partial charge in [0.05, 0.1) is 11.3 Å². The van der Waals surface area contributed by atoms with Gasteiger partial charge in [-0.15, -0.1) is 0 Å². The molecule has 1 aliphatic rings. The molecule has 4 nitrogen and oxygen atoms in total. The maximum absolute atomic E-state index is 11.5. The molecule has 0 saturated carbocycles. The molecule has 1 amide bonds. The van der Waals surface area contributed by atoms with E-state index >= 15 is 0 Å². The van der Waals surface area contributed by atoms with Crippen molar-refractivity contribution in [1.82, 2.24) is 15.3 Å². The number of aromatic nitrogens is 2. The molecule has 0 unspecified atom stereocenters. The van der Waals surface area contributed by atoms with Crippen molar-refractivity contribution in [2.45, 2.75) is 18.0 Å². The molecule has 0 fully saturated rings. The Hall–Kier alpha value is -1.10. The number of carbonyl (C=O) groups is 1. The van der Waals surface area contributed by atoms with Gasteiger partial charge in [-0.05, 0) is 19.1 Å². The first kappa shape index (κ1) is 9.45. The van der Waals surface area contributed by atoms with E-state index in [0.29, 0.717) is 5.56 Å². The highest BCUT2D eigenvalue weighted by atomic mass is 32.2. The van der Waals surface area contributed by atoms with E-state index in [1.165, 1.54) is 11.8 Å². The van der Waals surface area contributed by atoms with E-state index in [0.717, 1.165) is 30.2 Å². The zero-order valence-electron chi connectivity index (χ0n) is 7.91. The lowest BCUT2D eigenvalue weighted by molar-refractivity contribution is 0.0955. The molecule has 0 aromatic carbocycles. The van der Waals surface area contributed by atoms with Crippen LogP contribution in [0.2, 0.25) is 0 Å². The second-order valence-electron chi connectivity index (χ2n) is 3.08. The molecular weight excluding hydrogens is 198 g/mol. The van der Waals surface area contributed by atoms with E-state index in [1.807, 2.05) is 6.26 Å². The first-order valence-corrected chi connectivity index (χ1v) is 5.72. The summed E-state index contributed by atoms with van der Waals surface area (Å²) in [7, 11) is 0. The zero-order valence-corrected chi connectivity index (χ0v) is 8.73. The molecule has 0 aliphatic carbocycles. The quantitative estimate of drug-likeness (QED) is 0.551. The van der Waals surface area contributed by atoms with Crippen molar-refractivity contribution < 1.29 is 4.79 Å². The van der Waals surface area contributed by atoms with E-state index in [4.69, 9.17) is 0 Å².